The molecule has 0 aliphatic heterocycles. The lowest BCUT2D eigenvalue weighted by atomic mass is 9.82. The van der Waals surface area contributed by atoms with Crippen LogP contribution in [0.3, 0.4) is 0 Å². The van der Waals surface area contributed by atoms with E-state index in [-0.39, 0.29) is 11.7 Å². The van der Waals surface area contributed by atoms with Gasteiger partial charge in [0.05, 0.1) is 0 Å². The van der Waals surface area contributed by atoms with Gasteiger partial charge in [-0.2, -0.15) is 0 Å². The average molecular weight is 184 g/mol. The number of carbonyl (C=O) groups is 1. The van der Waals surface area contributed by atoms with Gasteiger partial charge in [-0.15, -0.1) is 6.42 Å². The molecule has 0 fully saturated rings. The van der Waals surface area contributed by atoms with Gasteiger partial charge in [0.1, 0.15) is 0 Å². The van der Waals surface area contributed by atoms with Gasteiger partial charge >= 0.3 is 0 Å². The van der Waals surface area contributed by atoms with E-state index >= 15 is 0 Å². The SMILES string of the molecule is C#CC(=O)C1CCc2ccccc2C1. The highest BCUT2D eigenvalue weighted by Gasteiger charge is 2.22. The van der Waals surface area contributed by atoms with Crippen molar-refractivity contribution >= 4 is 5.78 Å². The van der Waals surface area contributed by atoms with Crippen molar-refractivity contribution in [1.82, 2.24) is 0 Å². The lowest BCUT2D eigenvalue weighted by molar-refractivity contribution is -0.117. The predicted octanol–water partition coefficient (Wildman–Crippen LogP) is 1.99. The molecule has 1 atom stereocenters. The van der Waals surface area contributed by atoms with Crippen LogP contribution >= 0.6 is 0 Å². The number of benzene rings is 1. The molecular weight excluding hydrogens is 172 g/mol. The second-order valence-electron chi connectivity index (χ2n) is 3.72. The number of aryl methyl sites for hydroxylation is 1. The van der Waals surface area contributed by atoms with Gasteiger partial charge in [-0.05, 0) is 36.3 Å². The number of ketones is 1. The molecule has 0 amide bonds. The van der Waals surface area contributed by atoms with Crippen molar-refractivity contribution in [3.05, 3.63) is 35.4 Å². The number of carbonyl (C=O) groups excluding carboxylic acids is 1. The van der Waals surface area contributed by atoms with E-state index in [1.54, 1.807) is 0 Å². The summed E-state index contributed by atoms with van der Waals surface area (Å²) in [6.45, 7) is 0. The molecule has 1 unspecified atom stereocenters. The minimum atomic E-state index is -0.0421. The van der Waals surface area contributed by atoms with E-state index in [0.717, 1.165) is 19.3 Å². The first-order valence-corrected chi connectivity index (χ1v) is 4.88. The molecule has 1 aliphatic carbocycles. The molecule has 0 spiro atoms. The summed E-state index contributed by atoms with van der Waals surface area (Å²) in [5.41, 5.74) is 2.65. The number of hydrogen-bond acceptors (Lipinski definition) is 1. The highest BCUT2D eigenvalue weighted by atomic mass is 16.1. The summed E-state index contributed by atoms with van der Waals surface area (Å²) < 4.78 is 0. The van der Waals surface area contributed by atoms with Gasteiger partial charge in [-0.25, -0.2) is 0 Å². The molecule has 1 aromatic rings. The van der Waals surface area contributed by atoms with Crippen LogP contribution in [-0.2, 0) is 17.6 Å². The van der Waals surface area contributed by atoms with E-state index in [9.17, 15) is 4.79 Å². The van der Waals surface area contributed by atoms with Crippen molar-refractivity contribution in [2.45, 2.75) is 19.3 Å². The van der Waals surface area contributed by atoms with E-state index in [1.165, 1.54) is 11.1 Å². The third-order valence-corrected chi connectivity index (χ3v) is 2.86. The van der Waals surface area contributed by atoms with Gasteiger partial charge < -0.3 is 0 Å². The van der Waals surface area contributed by atoms with Crippen molar-refractivity contribution < 1.29 is 4.79 Å². The Hall–Kier alpha value is -1.55. The molecule has 1 aliphatic rings. The van der Waals surface area contributed by atoms with Crippen molar-refractivity contribution in [1.29, 1.82) is 0 Å². The molecule has 14 heavy (non-hydrogen) atoms. The normalized spacial score (nSPS) is 19.5. The Morgan fingerprint density at radius 1 is 1.36 bits per heavy atom. The molecule has 1 aromatic carbocycles. The maximum absolute atomic E-state index is 11.3. The summed E-state index contributed by atoms with van der Waals surface area (Å²) in [7, 11) is 0. The summed E-state index contributed by atoms with van der Waals surface area (Å²) in [5, 5.41) is 0. The summed E-state index contributed by atoms with van der Waals surface area (Å²) in [6, 6.07) is 8.28. The van der Waals surface area contributed by atoms with Crippen molar-refractivity contribution in [2.75, 3.05) is 0 Å². The first kappa shape index (κ1) is 9.02. The maximum Gasteiger partial charge on any atom is 0.208 e. The largest absolute Gasteiger partial charge is 0.285 e. The quantitative estimate of drug-likeness (QED) is 0.482. The molecule has 0 saturated carbocycles. The van der Waals surface area contributed by atoms with Crippen LogP contribution in [-0.4, -0.2) is 5.78 Å². The van der Waals surface area contributed by atoms with Gasteiger partial charge in [-0.3, -0.25) is 4.79 Å². The van der Waals surface area contributed by atoms with Crippen LogP contribution in [0.15, 0.2) is 24.3 Å². The lowest BCUT2D eigenvalue weighted by Gasteiger charge is -2.21. The third kappa shape index (κ3) is 1.56. The Kier molecular flexibility index (Phi) is 2.37. The summed E-state index contributed by atoms with van der Waals surface area (Å²) in [6.07, 6.45) is 7.83. The van der Waals surface area contributed by atoms with Crippen LogP contribution < -0.4 is 0 Å². The summed E-state index contributed by atoms with van der Waals surface area (Å²) in [5.74, 6) is 2.24. The standard InChI is InChI=1S/C13H12O/c1-2-13(14)12-8-7-10-5-3-4-6-11(10)9-12/h1,3-6,12H,7-9H2. The van der Waals surface area contributed by atoms with Crippen LogP contribution in [0.2, 0.25) is 0 Å². The van der Waals surface area contributed by atoms with Crippen LogP contribution in [0.5, 0.6) is 0 Å². The highest BCUT2D eigenvalue weighted by molar-refractivity contribution is 5.97. The van der Waals surface area contributed by atoms with Crippen LogP contribution in [0, 0.1) is 18.3 Å². The molecule has 2 rings (SSSR count). The maximum atomic E-state index is 11.3. The molecule has 0 N–H and O–H groups in total. The van der Waals surface area contributed by atoms with E-state index in [1.807, 2.05) is 12.1 Å². The summed E-state index contributed by atoms with van der Waals surface area (Å²) >= 11 is 0. The average Bonchev–Trinajstić information content (AvgIpc) is 2.27. The van der Waals surface area contributed by atoms with Crippen molar-refractivity contribution in [2.24, 2.45) is 5.92 Å². The molecule has 0 saturated heterocycles. The number of rotatable bonds is 1. The Morgan fingerprint density at radius 3 is 2.79 bits per heavy atom. The van der Waals surface area contributed by atoms with Gasteiger partial charge in [-0.1, -0.05) is 24.3 Å². The van der Waals surface area contributed by atoms with Crippen LogP contribution in [0.4, 0.5) is 0 Å². The van der Waals surface area contributed by atoms with E-state index in [2.05, 4.69) is 18.1 Å². The van der Waals surface area contributed by atoms with Gasteiger partial charge in [0, 0.05) is 5.92 Å². The predicted molar refractivity (Wildman–Crippen MR) is 55.8 cm³/mol. The zero-order valence-electron chi connectivity index (χ0n) is 7.99. The van der Waals surface area contributed by atoms with Gasteiger partial charge in [0.15, 0.2) is 0 Å². The number of hydrogen-bond donors (Lipinski definition) is 0. The molecule has 1 heteroatoms. The highest BCUT2D eigenvalue weighted by Crippen LogP contribution is 2.25. The monoisotopic (exact) mass is 184 g/mol. The van der Waals surface area contributed by atoms with Gasteiger partial charge in [0.2, 0.25) is 5.78 Å². The van der Waals surface area contributed by atoms with E-state index in [0.29, 0.717) is 0 Å². The second kappa shape index (κ2) is 3.67. The smallest absolute Gasteiger partial charge is 0.208 e. The third-order valence-electron chi connectivity index (χ3n) is 2.86. The van der Waals surface area contributed by atoms with Gasteiger partial charge in [0.25, 0.3) is 0 Å². The summed E-state index contributed by atoms with van der Waals surface area (Å²) in [4.78, 5) is 11.3. The molecule has 0 radical (unpaired) electrons. The second-order valence-corrected chi connectivity index (χ2v) is 3.72. The minimum absolute atomic E-state index is 0.0421. The molecule has 70 valence electrons. The molecule has 1 nitrogen and oxygen atoms in total. The number of Topliss-reactive ketones (excluding diaryl/α,β-unsaturated/α-hetero) is 1. The fraction of sp³-hybridized carbons (Fsp3) is 0.308. The molecular formula is C13H12O. The van der Waals surface area contributed by atoms with Crippen molar-refractivity contribution in [3.8, 4) is 12.3 Å². The Morgan fingerprint density at radius 2 is 2.07 bits per heavy atom. The molecule has 0 heterocycles. The fourth-order valence-electron chi connectivity index (χ4n) is 2.04. The molecule has 0 aromatic heterocycles. The first-order valence-electron chi connectivity index (χ1n) is 4.88. The van der Waals surface area contributed by atoms with Crippen LogP contribution in [0.25, 0.3) is 0 Å². The fourth-order valence-corrected chi connectivity index (χ4v) is 2.04. The topological polar surface area (TPSA) is 17.1 Å². The number of terminal acetylenes is 1. The van der Waals surface area contributed by atoms with E-state index in [4.69, 9.17) is 6.42 Å². The van der Waals surface area contributed by atoms with Crippen LogP contribution in [0.1, 0.15) is 17.5 Å². The van der Waals surface area contributed by atoms with Crippen molar-refractivity contribution in [3.63, 3.8) is 0 Å². The lowest BCUT2D eigenvalue weighted by Crippen LogP contribution is -2.21. The Labute approximate surface area is 84.1 Å². The molecule has 0 bridgehead atoms. The van der Waals surface area contributed by atoms with E-state index < -0.39 is 0 Å². The zero-order valence-corrected chi connectivity index (χ0v) is 7.99. The minimum Gasteiger partial charge on any atom is -0.285 e. The number of fused-ring (bicyclic) bond motifs is 1. The Bertz CT molecular complexity index is 398. The Balaban J connectivity index is 2.22. The zero-order chi connectivity index (χ0) is 9.97. The first-order chi connectivity index (χ1) is 6.81.